The van der Waals surface area contributed by atoms with Gasteiger partial charge in [-0.05, 0) is 145 Å². The van der Waals surface area contributed by atoms with Crippen molar-refractivity contribution in [3.8, 4) is 33.4 Å². The number of allylic oxidation sites excluding steroid dienone is 4. The molecule has 2 nitrogen and oxygen atoms in total. The van der Waals surface area contributed by atoms with Crippen molar-refractivity contribution >= 4 is 76.9 Å². The number of hydrogen-bond acceptors (Lipinski definition) is 2. The number of nitrogens with zero attached hydrogens (tertiary/aromatic N) is 1. The molecule has 0 bridgehead atoms. The molecule has 10 aromatic carbocycles. The lowest BCUT2D eigenvalue weighted by atomic mass is 9.90. The summed E-state index contributed by atoms with van der Waals surface area (Å²) in [6.45, 7) is 0. The number of rotatable bonds is 7. The Morgan fingerprint density at radius 2 is 0.823 bits per heavy atom. The van der Waals surface area contributed by atoms with Crippen molar-refractivity contribution in [2.75, 3.05) is 4.90 Å². The highest BCUT2D eigenvalue weighted by molar-refractivity contribution is 6.34. The highest BCUT2D eigenvalue weighted by Gasteiger charge is 2.18. The molecule has 0 radical (unpaired) electrons. The molecule has 12 rings (SSSR count). The van der Waals surface area contributed by atoms with Crippen LogP contribution in [0.4, 0.5) is 17.1 Å². The summed E-state index contributed by atoms with van der Waals surface area (Å²) < 4.78 is 6.38. The van der Waals surface area contributed by atoms with Crippen LogP contribution in [0.25, 0.3) is 93.2 Å². The Kier molecular flexibility index (Phi) is 8.67. The quantitative estimate of drug-likeness (QED) is 0.150. The van der Waals surface area contributed by atoms with E-state index < -0.39 is 0 Å². The Labute approximate surface area is 360 Å². The smallest absolute Gasteiger partial charge is 0.136 e. The summed E-state index contributed by atoms with van der Waals surface area (Å²) in [7, 11) is 0. The molecule has 62 heavy (non-hydrogen) atoms. The van der Waals surface area contributed by atoms with Gasteiger partial charge in [0.05, 0.1) is 0 Å². The number of para-hydroxylation sites is 1. The summed E-state index contributed by atoms with van der Waals surface area (Å²) in [6, 6.07) is 75.1. The summed E-state index contributed by atoms with van der Waals surface area (Å²) in [5.41, 5.74) is 15.0. The fraction of sp³-hybridized carbons (Fsp3) is 0.0333. The molecular weight excluding hydrogens is 751 g/mol. The van der Waals surface area contributed by atoms with Gasteiger partial charge < -0.3 is 9.32 Å². The number of furan rings is 1. The summed E-state index contributed by atoms with van der Waals surface area (Å²) in [4.78, 5) is 2.37. The monoisotopic (exact) mass is 791 g/mol. The summed E-state index contributed by atoms with van der Waals surface area (Å²) >= 11 is 0. The fourth-order valence-electron chi connectivity index (χ4n) is 9.64. The largest absolute Gasteiger partial charge is 0.456 e. The van der Waals surface area contributed by atoms with Crippen molar-refractivity contribution in [3.05, 3.63) is 230 Å². The van der Waals surface area contributed by atoms with Crippen LogP contribution in [0.15, 0.2) is 229 Å². The van der Waals surface area contributed by atoms with Crippen LogP contribution in [0, 0.1) is 0 Å². The predicted molar refractivity (Wildman–Crippen MR) is 264 cm³/mol. The molecule has 292 valence electrons. The second kappa shape index (κ2) is 15.0. The van der Waals surface area contributed by atoms with E-state index in [1.54, 1.807) is 0 Å². The molecule has 11 aromatic rings. The first-order chi connectivity index (χ1) is 30.7. The Hall–Kier alpha value is -7.94. The first-order valence-corrected chi connectivity index (χ1v) is 21.5. The van der Waals surface area contributed by atoms with E-state index in [9.17, 15) is 0 Å². The molecule has 1 heterocycles. The number of benzene rings is 10. The fourth-order valence-corrected chi connectivity index (χ4v) is 9.64. The van der Waals surface area contributed by atoms with Crippen LogP contribution >= 0.6 is 0 Å². The van der Waals surface area contributed by atoms with Crippen molar-refractivity contribution in [3.63, 3.8) is 0 Å². The molecule has 0 N–H and O–H groups in total. The second-order valence-electron chi connectivity index (χ2n) is 16.3. The minimum Gasteiger partial charge on any atom is -0.456 e. The molecule has 1 aliphatic carbocycles. The number of hydrogen-bond donors (Lipinski definition) is 0. The van der Waals surface area contributed by atoms with Crippen molar-refractivity contribution < 1.29 is 4.42 Å². The average Bonchev–Trinajstić information content (AvgIpc) is 3.74. The lowest BCUT2D eigenvalue weighted by Gasteiger charge is -2.26. The van der Waals surface area contributed by atoms with Crippen LogP contribution in [0.2, 0.25) is 0 Å². The van der Waals surface area contributed by atoms with E-state index in [4.69, 9.17) is 4.42 Å². The summed E-state index contributed by atoms with van der Waals surface area (Å²) in [5, 5.41) is 9.82. The van der Waals surface area contributed by atoms with Crippen molar-refractivity contribution in [2.45, 2.75) is 12.8 Å². The summed E-state index contributed by atoms with van der Waals surface area (Å²) in [5.74, 6) is 0. The molecule has 1 aromatic heterocycles. The molecule has 0 saturated carbocycles. The second-order valence-corrected chi connectivity index (χ2v) is 16.3. The molecule has 0 fully saturated rings. The van der Waals surface area contributed by atoms with Crippen LogP contribution in [0.5, 0.6) is 0 Å². The van der Waals surface area contributed by atoms with Crippen molar-refractivity contribution in [1.29, 1.82) is 0 Å². The maximum absolute atomic E-state index is 6.38. The number of anilines is 3. The molecule has 2 heteroatoms. The Morgan fingerprint density at radius 3 is 1.47 bits per heavy atom. The highest BCUT2D eigenvalue weighted by atomic mass is 16.3. The van der Waals surface area contributed by atoms with E-state index in [1.807, 2.05) is 6.07 Å². The third kappa shape index (κ3) is 6.19. The Morgan fingerprint density at radius 1 is 0.339 bits per heavy atom. The van der Waals surface area contributed by atoms with E-state index in [2.05, 4.69) is 223 Å². The van der Waals surface area contributed by atoms with Crippen LogP contribution < -0.4 is 4.90 Å². The van der Waals surface area contributed by atoms with Crippen LogP contribution in [-0.4, -0.2) is 0 Å². The average molecular weight is 792 g/mol. The normalized spacial score (nSPS) is 12.7. The van der Waals surface area contributed by atoms with Gasteiger partial charge in [-0.2, -0.15) is 0 Å². The van der Waals surface area contributed by atoms with Gasteiger partial charge in [0.15, 0.2) is 0 Å². The van der Waals surface area contributed by atoms with Crippen molar-refractivity contribution in [2.24, 2.45) is 0 Å². The van der Waals surface area contributed by atoms with Gasteiger partial charge in [-0.1, -0.05) is 164 Å². The Balaban J connectivity index is 0.933. The van der Waals surface area contributed by atoms with E-state index in [0.29, 0.717) is 0 Å². The van der Waals surface area contributed by atoms with E-state index in [1.165, 1.54) is 82.2 Å². The predicted octanol–water partition coefficient (Wildman–Crippen LogP) is 17.2. The van der Waals surface area contributed by atoms with Gasteiger partial charge in [0.2, 0.25) is 0 Å². The lowest BCUT2D eigenvalue weighted by Crippen LogP contribution is -2.10. The first-order valence-electron chi connectivity index (χ1n) is 21.5. The number of fused-ring (bicyclic) bond motifs is 10. The van der Waals surface area contributed by atoms with Gasteiger partial charge in [-0.3, -0.25) is 0 Å². The van der Waals surface area contributed by atoms with Gasteiger partial charge in [-0.25, -0.2) is 0 Å². The zero-order valence-electron chi connectivity index (χ0n) is 34.1. The molecule has 0 saturated heterocycles. The molecule has 0 amide bonds. The molecule has 0 atom stereocenters. The van der Waals surface area contributed by atoms with Gasteiger partial charge in [0, 0.05) is 33.2 Å². The van der Waals surface area contributed by atoms with Gasteiger partial charge >= 0.3 is 0 Å². The topological polar surface area (TPSA) is 16.4 Å². The third-order valence-electron chi connectivity index (χ3n) is 12.8. The van der Waals surface area contributed by atoms with Gasteiger partial charge in [0.25, 0.3) is 0 Å². The minimum absolute atomic E-state index is 0.918. The SMILES string of the molecule is C1=CCCC(c2ccc(N(c3ccc(-c4ccc(-c5ccccc5)cc4)cc3)c3ccc(-c4ccc5c6ccccc6c6c(ccc7oc8ccccc8c76)c5c4)cc3)cc2)=C1. The first kappa shape index (κ1) is 36.0. The maximum Gasteiger partial charge on any atom is 0.136 e. The molecular formula is C60H41NO. The lowest BCUT2D eigenvalue weighted by molar-refractivity contribution is 0.669. The van der Waals surface area contributed by atoms with Crippen molar-refractivity contribution in [1.82, 2.24) is 0 Å². The van der Waals surface area contributed by atoms with Crippen LogP contribution in [0.1, 0.15) is 18.4 Å². The van der Waals surface area contributed by atoms with Gasteiger partial charge in [0.1, 0.15) is 11.2 Å². The Bertz CT molecular complexity index is 3520. The van der Waals surface area contributed by atoms with Gasteiger partial charge in [-0.15, -0.1) is 0 Å². The van der Waals surface area contributed by atoms with Crippen LogP contribution in [-0.2, 0) is 0 Å². The van der Waals surface area contributed by atoms with E-state index in [-0.39, 0.29) is 0 Å². The molecule has 0 spiro atoms. The molecule has 0 unspecified atom stereocenters. The highest BCUT2D eigenvalue weighted by Crippen LogP contribution is 2.44. The van der Waals surface area contributed by atoms with Crippen LogP contribution in [0.3, 0.4) is 0 Å². The van der Waals surface area contributed by atoms with E-state index >= 15 is 0 Å². The maximum atomic E-state index is 6.38. The standard InChI is InChI=1S/C60H41NO/c1-3-11-40(12-4-1)42-19-21-43(22-20-42)45-25-32-49(33-26-45)61(48-30-23-44(24-31-48)41-13-5-2-6-14-41)50-34-27-46(28-35-50)47-29-36-52-51-15-7-8-16-53(51)59-54(56(52)39-47)37-38-58-60(59)55-17-9-10-18-57(55)62-58/h1-5,7-13,15-39H,6,14H2. The third-order valence-corrected chi connectivity index (χ3v) is 12.8. The zero-order valence-corrected chi connectivity index (χ0v) is 34.1. The summed E-state index contributed by atoms with van der Waals surface area (Å²) in [6.07, 6.45) is 8.82. The molecule has 0 aliphatic heterocycles. The molecule has 1 aliphatic rings. The van der Waals surface area contributed by atoms with E-state index in [0.717, 1.165) is 46.5 Å². The minimum atomic E-state index is 0.918. The zero-order chi connectivity index (χ0) is 41.0.